The molecule has 1 unspecified atom stereocenters. The SMILES string of the molecule is CN(C)c1ncc2c(n1)C1(CCCN(S(=O)(=O)c3ccc(C(=O)O)cc3)C1)CC2. The maximum atomic E-state index is 13.2. The second-order valence-corrected chi connectivity index (χ2v) is 9.93. The number of hydrogen-bond donors (Lipinski definition) is 1. The summed E-state index contributed by atoms with van der Waals surface area (Å²) in [6.45, 7) is 0.832. The van der Waals surface area contributed by atoms with E-state index in [1.165, 1.54) is 28.6 Å². The molecule has 1 aromatic heterocycles. The standard InChI is InChI=1S/C20H24N4O4S/c1-23(2)19-21-12-15-8-10-20(17(15)22-19)9-3-11-24(13-20)29(27,28)16-6-4-14(5-7-16)18(25)26/h4-7,12H,3,8-11,13H2,1-2H3,(H,25,26). The first-order valence-corrected chi connectivity index (χ1v) is 11.0. The fourth-order valence-corrected chi connectivity index (χ4v) is 5.92. The van der Waals surface area contributed by atoms with Crippen LogP contribution in [-0.4, -0.2) is 61.0 Å². The summed E-state index contributed by atoms with van der Waals surface area (Å²) in [5.41, 5.74) is 1.84. The zero-order valence-corrected chi connectivity index (χ0v) is 17.3. The van der Waals surface area contributed by atoms with E-state index in [4.69, 9.17) is 10.1 Å². The van der Waals surface area contributed by atoms with Gasteiger partial charge in [-0.25, -0.2) is 23.2 Å². The predicted octanol–water partition coefficient (Wildman–Crippen LogP) is 1.91. The fraction of sp³-hybridized carbons (Fsp3) is 0.450. The Labute approximate surface area is 170 Å². The second-order valence-electron chi connectivity index (χ2n) is 7.99. The highest BCUT2D eigenvalue weighted by Crippen LogP contribution is 2.45. The predicted molar refractivity (Wildman–Crippen MR) is 108 cm³/mol. The van der Waals surface area contributed by atoms with E-state index in [2.05, 4.69) is 4.98 Å². The van der Waals surface area contributed by atoms with Crippen LogP contribution in [-0.2, 0) is 21.9 Å². The summed E-state index contributed by atoms with van der Waals surface area (Å²) < 4.78 is 28.0. The molecule has 29 heavy (non-hydrogen) atoms. The number of aromatic carboxylic acids is 1. The highest BCUT2D eigenvalue weighted by atomic mass is 32.2. The zero-order valence-electron chi connectivity index (χ0n) is 16.5. The van der Waals surface area contributed by atoms with Crippen molar-refractivity contribution in [2.45, 2.75) is 36.0 Å². The van der Waals surface area contributed by atoms with Gasteiger partial charge in [0.25, 0.3) is 0 Å². The van der Waals surface area contributed by atoms with Crippen LogP contribution in [0.1, 0.15) is 40.9 Å². The van der Waals surface area contributed by atoms with E-state index in [-0.39, 0.29) is 15.9 Å². The van der Waals surface area contributed by atoms with Crippen molar-refractivity contribution in [1.29, 1.82) is 0 Å². The molecule has 1 aromatic carbocycles. The minimum Gasteiger partial charge on any atom is -0.478 e. The molecule has 1 fully saturated rings. The van der Waals surface area contributed by atoms with Crippen molar-refractivity contribution in [3.8, 4) is 0 Å². The molecule has 4 rings (SSSR count). The van der Waals surface area contributed by atoms with E-state index in [9.17, 15) is 13.2 Å². The molecular weight excluding hydrogens is 392 g/mol. The Bertz CT molecular complexity index is 1050. The Morgan fingerprint density at radius 3 is 2.59 bits per heavy atom. The molecular formula is C20H24N4O4S. The lowest BCUT2D eigenvalue weighted by Gasteiger charge is -2.39. The van der Waals surface area contributed by atoms with Crippen LogP contribution in [0.3, 0.4) is 0 Å². The molecule has 1 aliphatic heterocycles. The topological polar surface area (TPSA) is 104 Å². The lowest BCUT2D eigenvalue weighted by atomic mass is 9.78. The Morgan fingerprint density at radius 1 is 1.21 bits per heavy atom. The van der Waals surface area contributed by atoms with E-state index in [1.54, 1.807) is 0 Å². The van der Waals surface area contributed by atoms with Crippen molar-refractivity contribution in [2.75, 3.05) is 32.1 Å². The first-order valence-electron chi connectivity index (χ1n) is 9.60. The van der Waals surface area contributed by atoms with E-state index in [0.717, 1.165) is 36.9 Å². The zero-order chi connectivity index (χ0) is 20.8. The number of aromatic nitrogens is 2. The average Bonchev–Trinajstić information content (AvgIpc) is 3.05. The fourth-order valence-electron chi connectivity index (χ4n) is 4.36. The minimum absolute atomic E-state index is 0.0664. The summed E-state index contributed by atoms with van der Waals surface area (Å²) >= 11 is 0. The van der Waals surface area contributed by atoms with Crippen LogP contribution in [0.4, 0.5) is 5.95 Å². The monoisotopic (exact) mass is 416 g/mol. The third-order valence-corrected chi connectivity index (χ3v) is 7.77. The van der Waals surface area contributed by atoms with Gasteiger partial charge < -0.3 is 10.0 Å². The Kier molecular flexibility index (Phi) is 4.82. The van der Waals surface area contributed by atoms with Crippen LogP contribution >= 0.6 is 0 Å². The van der Waals surface area contributed by atoms with Crippen molar-refractivity contribution in [2.24, 2.45) is 0 Å². The molecule has 154 valence electrons. The van der Waals surface area contributed by atoms with Crippen LogP contribution in [0.25, 0.3) is 0 Å². The number of rotatable bonds is 4. The molecule has 9 heteroatoms. The summed E-state index contributed by atoms with van der Waals surface area (Å²) in [6.07, 6.45) is 5.23. The van der Waals surface area contributed by atoms with E-state index < -0.39 is 16.0 Å². The van der Waals surface area contributed by atoms with Crippen molar-refractivity contribution in [1.82, 2.24) is 14.3 Å². The number of carboxylic acids is 1. The molecule has 1 aliphatic carbocycles. The minimum atomic E-state index is -3.71. The van der Waals surface area contributed by atoms with Crippen molar-refractivity contribution >= 4 is 21.9 Å². The van der Waals surface area contributed by atoms with Crippen LogP contribution in [0, 0.1) is 0 Å². The lowest BCUT2D eigenvalue weighted by molar-refractivity contribution is 0.0696. The molecule has 1 spiro atoms. The Hall–Kier alpha value is -2.52. The molecule has 0 radical (unpaired) electrons. The van der Waals surface area contributed by atoms with Crippen LogP contribution in [0.5, 0.6) is 0 Å². The number of hydrogen-bond acceptors (Lipinski definition) is 6. The molecule has 1 atom stereocenters. The van der Waals surface area contributed by atoms with Crippen LogP contribution in [0.15, 0.2) is 35.4 Å². The molecule has 0 bridgehead atoms. The number of nitrogens with zero attached hydrogens (tertiary/aromatic N) is 4. The molecule has 1 saturated heterocycles. The summed E-state index contributed by atoms with van der Waals surface area (Å²) in [6, 6.07) is 5.40. The van der Waals surface area contributed by atoms with Gasteiger partial charge >= 0.3 is 5.97 Å². The van der Waals surface area contributed by atoms with Crippen molar-refractivity contribution in [3.63, 3.8) is 0 Å². The van der Waals surface area contributed by atoms with Gasteiger partial charge in [0.15, 0.2) is 0 Å². The normalized spacial score (nSPS) is 21.9. The van der Waals surface area contributed by atoms with Crippen molar-refractivity contribution < 1.29 is 18.3 Å². The third-order valence-electron chi connectivity index (χ3n) is 5.91. The number of anilines is 1. The second kappa shape index (κ2) is 7.07. The molecule has 2 aliphatic rings. The van der Waals surface area contributed by atoms with Crippen molar-refractivity contribution in [3.05, 3.63) is 47.3 Å². The Balaban J connectivity index is 1.66. The van der Waals surface area contributed by atoms with Crippen LogP contribution in [0.2, 0.25) is 0 Å². The van der Waals surface area contributed by atoms with E-state index in [0.29, 0.717) is 19.0 Å². The highest BCUT2D eigenvalue weighted by Gasteiger charge is 2.46. The smallest absolute Gasteiger partial charge is 0.335 e. The molecule has 8 nitrogen and oxygen atoms in total. The maximum absolute atomic E-state index is 13.2. The van der Waals surface area contributed by atoms with Gasteiger partial charge in [-0.05, 0) is 55.5 Å². The number of sulfonamides is 1. The average molecular weight is 417 g/mol. The molecule has 2 aromatic rings. The number of fused-ring (bicyclic) bond motifs is 2. The van der Waals surface area contributed by atoms with Gasteiger partial charge in [0.1, 0.15) is 0 Å². The number of aryl methyl sites for hydroxylation is 1. The number of piperidine rings is 1. The van der Waals surface area contributed by atoms with Gasteiger partial charge in [0.05, 0.1) is 16.2 Å². The van der Waals surface area contributed by atoms with Gasteiger partial charge in [-0.15, -0.1) is 0 Å². The Morgan fingerprint density at radius 2 is 1.93 bits per heavy atom. The maximum Gasteiger partial charge on any atom is 0.335 e. The lowest BCUT2D eigenvalue weighted by Crippen LogP contribution is -2.47. The van der Waals surface area contributed by atoms with Gasteiger partial charge in [-0.1, -0.05) is 0 Å². The number of benzene rings is 1. The summed E-state index contributed by atoms with van der Waals surface area (Å²) in [5.74, 6) is -0.445. The number of carbonyl (C=O) groups is 1. The third kappa shape index (κ3) is 3.38. The van der Waals surface area contributed by atoms with Gasteiger partial charge in [0.2, 0.25) is 16.0 Å². The summed E-state index contributed by atoms with van der Waals surface area (Å²) in [4.78, 5) is 22.2. The largest absolute Gasteiger partial charge is 0.478 e. The first kappa shape index (κ1) is 19.8. The number of carboxylic acid groups (broad SMARTS) is 1. The quantitative estimate of drug-likeness (QED) is 0.812. The highest BCUT2D eigenvalue weighted by molar-refractivity contribution is 7.89. The molecule has 0 amide bonds. The van der Waals surface area contributed by atoms with Gasteiger partial charge in [-0.3, -0.25) is 0 Å². The van der Waals surface area contributed by atoms with E-state index in [1.807, 2.05) is 25.2 Å². The summed E-state index contributed by atoms with van der Waals surface area (Å²) in [7, 11) is 0.0709. The molecule has 2 heterocycles. The first-order chi connectivity index (χ1) is 13.7. The van der Waals surface area contributed by atoms with Crippen LogP contribution < -0.4 is 4.90 Å². The van der Waals surface area contributed by atoms with E-state index >= 15 is 0 Å². The molecule has 0 saturated carbocycles. The van der Waals surface area contributed by atoms with Gasteiger partial charge in [0, 0.05) is 38.8 Å². The van der Waals surface area contributed by atoms with Gasteiger partial charge in [-0.2, -0.15) is 4.31 Å². The summed E-state index contributed by atoms with van der Waals surface area (Å²) in [5, 5.41) is 9.05. The molecule has 1 N–H and O–H groups in total.